The summed E-state index contributed by atoms with van der Waals surface area (Å²) in [6, 6.07) is 12.2. The molecule has 5 nitrogen and oxygen atoms in total. The molecule has 0 aliphatic carbocycles. The maximum atomic E-state index is 13.0. The molecule has 1 aliphatic rings. The smallest absolute Gasteiger partial charge is 0.238 e. The number of para-hydroxylation sites is 1. The Morgan fingerprint density at radius 2 is 1.59 bits per heavy atom. The Kier molecular flexibility index (Phi) is 6.99. The number of nitrogens with zero attached hydrogens (tertiary/aromatic N) is 2. The molecule has 154 valence electrons. The summed E-state index contributed by atoms with van der Waals surface area (Å²) < 4.78 is 13.0. The van der Waals surface area contributed by atoms with E-state index in [2.05, 4.69) is 10.2 Å². The van der Waals surface area contributed by atoms with Gasteiger partial charge < -0.3 is 10.2 Å². The number of benzene rings is 2. The Labute approximate surface area is 171 Å². The van der Waals surface area contributed by atoms with Gasteiger partial charge in [-0.3, -0.25) is 14.5 Å². The van der Waals surface area contributed by atoms with Crippen LogP contribution in [0.5, 0.6) is 0 Å². The van der Waals surface area contributed by atoms with E-state index in [0.717, 1.165) is 22.4 Å². The molecule has 1 N–H and O–H groups in total. The number of amides is 2. The maximum absolute atomic E-state index is 13.0. The number of carbonyl (C=O) groups excluding carboxylic acids is 2. The zero-order chi connectivity index (χ0) is 20.8. The summed E-state index contributed by atoms with van der Waals surface area (Å²) in [6.07, 6.45) is 1.02. The number of hydrogen-bond donors (Lipinski definition) is 1. The van der Waals surface area contributed by atoms with Gasteiger partial charge in [-0.2, -0.15) is 0 Å². The normalized spacial score (nSPS) is 14.7. The molecule has 2 aromatic rings. The molecule has 0 atom stereocenters. The highest BCUT2D eigenvalue weighted by Crippen LogP contribution is 2.19. The highest BCUT2D eigenvalue weighted by molar-refractivity contribution is 5.93. The SMILES string of the molecule is Cc1cccc(C)c1NC(=O)CN1CCN(C(=O)CCc2ccc(F)cc2)CC1. The largest absolute Gasteiger partial charge is 0.340 e. The summed E-state index contributed by atoms with van der Waals surface area (Å²) in [6.45, 7) is 6.91. The van der Waals surface area contributed by atoms with Crippen LogP contribution < -0.4 is 5.32 Å². The van der Waals surface area contributed by atoms with Crippen LogP contribution in [0.4, 0.5) is 10.1 Å². The molecule has 1 heterocycles. The molecular weight excluding hydrogens is 369 g/mol. The molecule has 2 amide bonds. The average Bonchev–Trinajstić information content (AvgIpc) is 2.71. The third-order valence-corrected chi connectivity index (χ3v) is 5.38. The van der Waals surface area contributed by atoms with Crippen LogP contribution >= 0.6 is 0 Å². The van der Waals surface area contributed by atoms with Crippen molar-refractivity contribution in [2.45, 2.75) is 26.7 Å². The van der Waals surface area contributed by atoms with E-state index in [0.29, 0.717) is 45.6 Å². The number of carbonyl (C=O) groups is 2. The fourth-order valence-corrected chi connectivity index (χ4v) is 3.61. The fourth-order valence-electron chi connectivity index (χ4n) is 3.61. The highest BCUT2D eigenvalue weighted by Gasteiger charge is 2.22. The van der Waals surface area contributed by atoms with Gasteiger partial charge in [-0.25, -0.2) is 4.39 Å². The topological polar surface area (TPSA) is 52.7 Å². The molecule has 0 unspecified atom stereocenters. The van der Waals surface area contributed by atoms with Gasteiger partial charge in [0, 0.05) is 38.3 Å². The van der Waals surface area contributed by atoms with E-state index in [-0.39, 0.29) is 17.6 Å². The van der Waals surface area contributed by atoms with Gasteiger partial charge in [-0.05, 0) is 49.1 Å². The predicted molar refractivity (Wildman–Crippen MR) is 112 cm³/mol. The van der Waals surface area contributed by atoms with E-state index in [4.69, 9.17) is 0 Å². The van der Waals surface area contributed by atoms with Crippen LogP contribution in [0, 0.1) is 19.7 Å². The number of hydrogen-bond acceptors (Lipinski definition) is 3. The lowest BCUT2D eigenvalue weighted by molar-refractivity contribution is -0.133. The van der Waals surface area contributed by atoms with Crippen LogP contribution in [0.3, 0.4) is 0 Å². The van der Waals surface area contributed by atoms with Gasteiger partial charge in [0.05, 0.1) is 6.54 Å². The second kappa shape index (κ2) is 9.65. The first-order valence-corrected chi connectivity index (χ1v) is 10.0. The third-order valence-electron chi connectivity index (χ3n) is 5.38. The fraction of sp³-hybridized carbons (Fsp3) is 0.391. The zero-order valence-corrected chi connectivity index (χ0v) is 17.1. The van der Waals surface area contributed by atoms with E-state index >= 15 is 0 Å². The van der Waals surface area contributed by atoms with Gasteiger partial charge in [-0.15, -0.1) is 0 Å². The minimum Gasteiger partial charge on any atom is -0.340 e. The molecule has 6 heteroatoms. The zero-order valence-electron chi connectivity index (χ0n) is 17.1. The Morgan fingerprint density at radius 3 is 2.21 bits per heavy atom. The van der Waals surface area contributed by atoms with Crippen molar-refractivity contribution < 1.29 is 14.0 Å². The van der Waals surface area contributed by atoms with Crippen molar-refractivity contribution in [2.24, 2.45) is 0 Å². The van der Waals surface area contributed by atoms with Crippen molar-refractivity contribution >= 4 is 17.5 Å². The number of halogens is 1. The minimum atomic E-state index is -0.266. The summed E-state index contributed by atoms with van der Waals surface area (Å²) >= 11 is 0. The summed E-state index contributed by atoms with van der Waals surface area (Å²) in [7, 11) is 0. The second-order valence-electron chi connectivity index (χ2n) is 7.60. The molecule has 3 rings (SSSR count). The van der Waals surface area contributed by atoms with E-state index < -0.39 is 0 Å². The molecule has 1 saturated heterocycles. The van der Waals surface area contributed by atoms with Crippen LogP contribution in [-0.4, -0.2) is 54.3 Å². The predicted octanol–water partition coefficient (Wildman–Crippen LogP) is 3.16. The van der Waals surface area contributed by atoms with Crippen LogP contribution in [0.25, 0.3) is 0 Å². The standard InChI is InChI=1S/C23H28FN3O2/c1-17-4-3-5-18(2)23(17)25-21(28)16-26-12-14-27(15-13-26)22(29)11-8-19-6-9-20(24)10-7-19/h3-7,9-10H,8,11-16H2,1-2H3,(H,25,28). The van der Waals surface area contributed by atoms with Gasteiger partial charge in [-0.1, -0.05) is 30.3 Å². The summed E-state index contributed by atoms with van der Waals surface area (Å²) in [4.78, 5) is 28.8. The Morgan fingerprint density at radius 1 is 0.966 bits per heavy atom. The van der Waals surface area contributed by atoms with Gasteiger partial charge in [0.25, 0.3) is 0 Å². The van der Waals surface area contributed by atoms with E-state index in [1.54, 1.807) is 12.1 Å². The Balaban J connectivity index is 1.42. The van der Waals surface area contributed by atoms with Gasteiger partial charge in [0.2, 0.25) is 11.8 Å². The first-order valence-electron chi connectivity index (χ1n) is 10.0. The molecule has 0 aromatic heterocycles. The van der Waals surface area contributed by atoms with E-state index in [9.17, 15) is 14.0 Å². The van der Waals surface area contributed by atoms with Crippen LogP contribution in [0.2, 0.25) is 0 Å². The van der Waals surface area contributed by atoms with Crippen molar-refractivity contribution in [1.82, 2.24) is 9.80 Å². The second-order valence-corrected chi connectivity index (χ2v) is 7.60. The van der Waals surface area contributed by atoms with Crippen molar-refractivity contribution in [2.75, 3.05) is 38.0 Å². The van der Waals surface area contributed by atoms with E-state index in [1.165, 1.54) is 12.1 Å². The third kappa shape index (κ3) is 5.87. The molecule has 1 aliphatic heterocycles. The molecule has 29 heavy (non-hydrogen) atoms. The number of piperazine rings is 1. The summed E-state index contributed by atoms with van der Waals surface area (Å²) in [5.41, 5.74) is 3.94. The summed E-state index contributed by atoms with van der Waals surface area (Å²) in [5.74, 6) is -0.190. The maximum Gasteiger partial charge on any atom is 0.238 e. The first kappa shape index (κ1) is 21.0. The molecule has 0 radical (unpaired) electrons. The van der Waals surface area contributed by atoms with Crippen LogP contribution in [-0.2, 0) is 16.0 Å². The minimum absolute atomic E-state index is 0.0292. The van der Waals surface area contributed by atoms with Crippen LogP contribution in [0.1, 0.15) is 23.1 Å². The van der Waals surface area contributed by atoms with Gasteiger partial charge in [0.1, 0.15) is 5.82 Å². The number of nitrogens with one attached hydrogen (secondary N) is 1. The van der Waals surface area contributed by atoms with Crippen molar-refractivity contribution in [3.05, 3.63) is 65.0 Å². The van der Waals surface area contributed by atoms with Crippen molar-refractivity contribution in [1.29, 1.82) is 0 Å². The van der Waals surface area contributed by atoms with Crippen molar-refractivity contribution in [3.8, 4) is 0 Å². The molecule has 0 spiro atoms. The lowest BCUT2D eigenvalue weighted by atomic mass is 10.1. The number of aryl methyl sites for hydroxylation is 3. The number of anilines is 1. The monoisotopic (exact) mass is 397 g/mol. The quantitative estimate of drug-likeness (QED) is 0.815. The van der Waals surface area contributed by atoms with Gasteiger partial charge >= 0.3 is 0 Å². The van der Waals surface area contributed by atoms with Crippen molar-refractivity contribution in [3.63, 3.8) is 0 Å². The Bertz CT molecular complexity index is 839. The molecule has 1 fully saturated rings. The molecular formula is C23H28FN3O2. The molecule has 2 aromatic carbocycles. The molecule has 0 bridgehead atoms. The lowest BCUT2D eigenvalue weighted by Crippen LogP contribution is -2.50. The first-order chi connectivity index (χ1) is 13.9. The average molecular weight is 397 g/mol. The van der Waals surface area contributed by atoms with Crippen LogP contribution in [0.15, 0.2) is 42.5 Å². The summed E-state index contributed by atoms with van der Waals surface area (Å²) in [5, 5.41) is 3.01. The van der Waals surface area contributed by atoms with E-state index in [1.807, 2.05) is 36.9 Å². The lowest BCUT2D eigenvalue weighted by Gasteiger charge is -2.34. The van der Waals surface area contributed by atoms with Gasteiger partial charge in [0.15, 0.2) is 0 Å². The Hall–Kier alpha value is -2.73. The highest BCUT2D eigenvalue weighted by atomic mass is 19.1. The number of rotatable bonds is 6. The molecule has 0 saturated carbocycles.